The molecule has 0 heterocycles. The molecule has 0 aromatic carbocycles. The normalized spacial score (nSPS) is 48.2. The summed E-state index contributed by atoms with van der Waals surface area (Å²) in [6.07, 6.45) is 6.86. The molecule has 1 N–H and O–H groups in total. The number of ketones is 1. The standard InChI is InChI=1S/C13H16O2/c1-8-6-13-3-2-10(14)5-11(13)12(15)4-9(8)7-13/h2-3,9,11-12,15H,1,4-7H2/t9?,11-,12-,13-/m1/s1. The minimum absolute atomic E-state index is 0.0628. The van der Waals surface area contributed by atoms with Crippen LogP contribution in [0, 0.1) is 17.3 Å². The summed E-state index contributed by atoms with van der Waals surface area (Å²) in [5.74, 6) is 0.792. The van der Waals surface area contributed by atoms with E-state index >= 15 is 0 Å². The summed E-state index contributed by atoms with van der Waals surface area (Å²) in [6.45, 7) is 4.11. The van der Waals surface area contributed by atoms with Gasteiger partial charge in [0, 0.05) is 12.3 Å². The zero-order chi connectivity index (χ0) is 10.6. The Morgan fingerprint density at radius 3 is 3.13 bits per heavy atom. The van der Waals surface area contributed by atoms with Crippen LogP contribution in [0.2, 0.25) is 0 Å². The average molecular weight is 204 g/mol. The number of allylic oxidation sites excluding steroid dienone is 3. The number of hydrogen-bond acceptors (Lipinski definition) is 2. The predicted molar refractivity (Wildman–Crippen MR) is 57.2 cm³/mol. The van der Waals surface area contributed by atoms with Crippen molar-refractivity contribution >= 4 is 5.78 Å². The number of aliphatic hydroxyl groups excluding tert-OH is 1. The van der Waals surface area contributed by atoms with Crippen LogP contribution >= 0.6 is 0 Å². The maximum absolute atomic E-state index is 11.4. The van der Waals surface area contributed by atoms with E-state index in [2.05, 4.69) is 12.7 Å². The molecule has 1 unspecified atom stereocenters. The van der Waals surface area contributed by atoms with Crippen LogP contribution in [0.3, 0.4) is 0 Å². The lowest BCUT2D eigenvalue weighted by atomic mass is 9.62. The van der Waals surface area contributed by atoms with Crippen LogP contribution in [0.25, 0.3) is 0 Å². The van der Waals surface area contributed by atoms with Crippen molar-refractivity contribution in [1.82, 2.24) is 0 Å². The van der Waals surface area contributed by atoms with Crippen LogP contribution in [-0.4, -0.2) is 17.0 Å². The molecule has 80 valence electrons. The Morgan fingerprint density at radius 1 is 1.53 bits per heavy atom. The molecule has 3 aliphatic carbocycles. The molecular formula is C13H16O2. The first-order valence-electron chi connectivity index (χ1n) is 5.68. The van der Waals surface area contributed by atoms with E-state index < -0.39 is 0 Å². The van der Waals surface area contributed by atoms with Gasteiger partial charge < -0.3 is 5.11 Å². The van der Waals surface area contributed by atoms with E-state index in [0.29, 0.717) is 12.3 Å². The summed E-state index contributed by atoms with van der Waals surface area (Å²) in [4.78, 5) is 11.4. The van der Waals surface area contributed by atoms with Crippen molar-refractivity contribution in [1.29, 1.82) is 0 Å². The van der Waals surface area contributed by atoms with Crippen molar-refractivity contribution < 1.29 is 9.90 Å². The van der Waals surface area contributed by atoms with Gasteiger partial charge in [-0.2, -0.15) is 0 Å². The van der Waals surface area contributed by atoms with E-state index in [-0.39, 0.29) is 23.2 Å². The van der Waals surface area contributed by atoms with Gasteiger partial charge in [-0.25, -0.2) is 0 Å². The molecule has 2 fully saturated rings. The van der Waals surface area contributed by atoms with Crippen LogP contribution in [0.15, 0.2) is 24.3 Å². The predicted octanol–water partition coefficient (Wildman–Crippen LogP) is 1.85. The van der Waals surface area contributed by atoms with Crippen LogP contribution in [0.5, 0.6) is 0 Å². The zero-order valence-electron chi connectivity index (χ0n) is 8.78. The molecule has 3 aliphatic rings. The first kappa shape index (κ1) is 9.34. The van der Waals surface area contributed by atoms with Gasteiger partial charge in [0.1, 0.15) is 0 Å². The average Bonchev–Trinajstić information content (AvgIpc) is 2.44. The van der Waals surface area contributed by atoms with E-state index in [0.717, 1.165) is 19.3 Å². The van der Waals surface area contributed by atoms with Crippen molar-refractivity contribution in [3.8, 4) is 0 Å². The summed E-state index contributed by atoms with van der Waals surface area (Å²) in [7, 11) is 0. The van der Waals surface area contributed by atoms with Gasteiger partial charge in [-0.1, -0.05) is 18.2 Å². The highest BCUT2D eigenvalue weighted by molar-refractivity contribution is 5.91. The number of hydrogen-bond donors (Lipinski definition) is 1. The Hall–Kier alpha value is -0.890. The van der Waals surface area contributed by atoms with Gasteiger partial charge in [0.2, 0.25) is 0 Å². The van der Waals surface area contributed by atoms with Gasteiger partial charge >= 0.3 is 0 Å². The largest absolute Gasteiger partial charge is 0.393 e. The monoisotopic (exact) mass is 204 g/mol. The summed E-state index contributed by atoms with van der Waals surface area (Å²) in [5.41, 5.74) is 1.34. The van der Waals surface area contributed by atoms with Gasteiger partial charge in [-0.15, -0.1) is 0 Å². The molecule has 0 aromatic rings. The smallest absolute Gasteiger partial charge is 0.155 e. The fourth-order valence-electron chi connectivity index (χ4n) is 3.75. The Morgan fingerprint density at radius 2 is 2.33 bits per heavy atom. The van der Waals surface area contributed by atoms with Crippen molar-refractivity contribution in [3.63, 3.8) is 0 Å². The second kappa shape index (κ2) is 2.82. The molecule has 1 spiro atoms. The SMILES string of the molecule is C=C1C[C@@]23C=CC(=O)C[C@@H]2[C@H](O)CC1C3. The second-order valence-corrected chi connectivity index (χ2v) is 5.38. The second-order valence-electron chi connectivity index (χ2n) is 5.38. The Kier molecular flexibility index (Phi) is 1.76. The van der Waals surface area contributed by atoms with Crippen molar-refractivity contribution in [2.24, 2.45) is 17.3 Å². The van der Waals surface area contributed by atoms with Gasteiger partial charge in [0.05, 0.1) is 6.10 Å². The Balaban J connectivity index is 2.05. The molecular weight excluding hydrogens is 188 g/mol. The molecule has 15 heavy (non-hydrogen) atoms. The lowest BCUT2D eigenvalue weighted by Gasteiger charge is -2.43. The molecule has 0 radical (unpaired) electrons. The number of carbonyl (C=O) groups excluding carboxylic acids is 1. The Labute approximate surface area is 89.7 Å². The third-order valence-corrected chi connectivity index (χ3v) is 4.51. The quantitative estimate of drug-likeness (QED) is 0.611. The number of fused-ring (bicyclic) bond motifs is 1. The van der Waals surface area contributed by atoms with Gasteiger partial charge in [-0.05, 0) is 36.7 Å². The van der Waals surface area contributed by atoms with Crippen LogP contribution in [0.1, 0.15) is 25.7 Å². The molecule has 3 rings (SSSR count). The molecule has 0 saturated heterocycles. The Bertz CT molecular complexity index is 369. The first-order valence-corrected chi connectivity index (χ1v) is 5.68. The van der Waals surface area contributed by atoms with Crippen LogP contribution < -0.4 is 0 Å². The first-order chi connectivity index (χ1) is 7.11. The number of carbonyl (C=O) groups is 1. The van der Waals surface area contributed by atoms with Crippen molar-refractivity contribution in [3.05, 3.63) is 24.3 Å². The fraction of sp³-hybridized carbons (Fsp3) is 0.615. The van der Waals surface area contributed by atoms with Gasteiger partial charge in [-0.3, -0.25) is 4.79 Å². The number of aliphatic hydroxyl groups is 1. The van der Waals surface area contributed by atoms with Crippen LogP contribution in [0.4, 0.5) is 0 Å². The summed E-state index contributed by atoms with van der Waals surface area (Å²) < 4.78 is 0. The van der Waals surface area contributed by atoms with Crippen molar-refractivity contribution in [2.75, 3.05) is 0 Å². The molecule has 0 aromatic heterocycles. The maximum Gasteiger partial charge on any atom is 0.155 e. The van der Waals surface area contributed by atoms with E-state index in [1.807, 2.05) is 0 Å². The molecule has 2 heteroatoms. The highest BCUT2D eigenvalue weighted by Gasteiger charge is 2.53. The van der Waals surface area contributed by atoms with Gasteiger partial charge in [0.25, 0.3) is 0 Å². The van der Waals surface area contributed by atoms with E-state index in [9.17, 15) is 9.90 Å². The van der Waals surface area contributed by atoms with E-state index in [1.54, 1.807) is 6.08 Å². The summed E-state index contributed by atoms with van der Waals surface area (Å²) >= 11 is 0. The van der Waals surface area contributed by atoms with Crippen LogP contribution in [-0.2, 0) is 4.79 Å². The molecule has 0 amide bonds. The molecule has 0 aliphatic heterocycles. The summed E-state index contributed by atoms with van der Waals surface area (Å²) in [5, 5.41) is 10.1. The third-order valence-electron chi connectivity index (χ3n) is 4.51. The lowest BCUT2D eigenvalue weighted by Crippen LogP contribution is -2.42. The summed E-state index contributed by atoms with van der Waals surface area (Å²) in [6, 6.07) is 0. The maximum atomic E-state index is 11.4. The van der Waals surface area contributed by atoms with E-state index in [1.165, 1.54) is 5.57 Å². The fourth-order valence-corrected chi connectivity index (χ4v) is 3.75. The lowest BCUT2D eigenvalue weighted by molar-refractivity contribution is -0.120. The highest BCUT2D eigenvalue weighted by Crippen LogP contribution is 2.59. The molecule has 4 atom stereocenters. The van der Waals surface area contributed by atoms with E-state index in [4.69, 9.17) is 0 Å². The minimum atomic E-state index is -0.308. The minimum Gasteiger partial charge on any atom is -0.393 e. The number of rotatable bonds is 0. The topological polar surface area (TPSA) is 37.3 Å². The molecule has 2 nitrogen and oxygen atoms in total. The highest BCUT2D eigenvalue weighted by atomic mass is 16.3. The van der Waals surface area contributed by atoms with Gasteiger partial charge in [0.15, 0.2) is 5.78 Å². The molecule has 2 saturated carbocycles. The zero-order valence-corrected chi connectivity index (χ0v) is 8.78. The third kappa shape index (κ3) is 1.18. The molecule has 2 bridgehead atoms. The van der Waals surface area contributed by atoms with Crippen molar-refractivity contribution in [2.45, 2.75) is 31.8 Å².